The van der Waals surface area contributed by atoms with Crippen molar-refractivity contribution >= 4 is 6.29 Å². The van der Waals surface area contributed by atoms with Gasteiger partial charge in [-0.3, -0.25) is 6.29 Å². The zero-order valence-corrected chi connectivity index (χ0v) is 6.96. The molecular weight excluding hydrogens is 136 g/mol. The van der Waals surface area contributed by atoms with Gasteiger partial charge in [-0.25, -0.2) is 0 Å². The third kappa shape index (κ3) is 4.54. The summed E-state index contributed by atoms with van der Waals surface area (Å²) in [5.74, 6) is 0.181. The Morgan fingerprint density at radius 3 is 1.75 bits per heavy atom. The molecule has 0 aliphatic heterocycles. The van der Waals surface area contributed by atoms with Crippen molar-refractivity contribution in [3.8, 4) is 0 Å². The van der Waals surface area contributed by atoms with E-state index in [1.807, 2.05) is 20.1 Å². The summed E-state index contributed by atoms with van der Waals surface area (Å²) in [5.41, 5.74) is 0. The molecule has 0 fully saturated rings. The summed E-state index contributed by atoms with van der Waals surface area (Å²) in [7, 11) is 0. The van der Waals surface area contributed by atoms with E-state index in [1.165, 1.54) is 0 Å². The quantitative estimate of drug-likeness (QED) is 0.437. The van der Waals surface area contributed by atoms with Gasteiger partial charge < -0.3 is 4.79 Å². The van der Waals surface area contributed by atoms with E-state index < -0.39 is 0 Å². The molecule has 2 heteroatoms. The monoisotopic (exact) mass is 147 g/mol. The fraction of sp³-hybridized carbons (Fsp3) is 0.833. The summed E-state index contributed by atoms with van der Waals surface area (Å²) >= 11 is 0. The van der Waals surface area contributed by atoms with Crippen LogP contribution in [0.2, 0.25) is 0 Å². The molecule has 1 nitrogen and oxygen atoms in total. The van der Waals surface area contributed by atoms with Gasteiger partial charge in [-0.15, -0.1) is 5.92 Å². The van der Waals surface area contributed by atoms with Gasteiger partial charge in [0.25, 0.3) is 0 Å². The van der Waals surface area contributed by atoms with Crippen LogP contribution in [0.25, 0.3) is 0 Å². The average Bonchev–Trinajstić information content (AvgIpc) is 1.72. The second kappa shape index (κ2) is 7.38. The molecule has 0 aliphatic rings. The molecule has 0 amide bonds. The molecule has 0 aliphatic carbocycles. The average molecular weight is 147 g/mol. The number of carbonyl (C=O) groups excluding carboxylic acids is 1. The Morgan fingerprint density at radius 2 is 1.75 bits per heavy atom. The van der Waals surface area contributed by atoms with Crippen molar-refractivity contribution in [1.29, 1.82) is 0 Å². The van der Waals surface area contributed by atoms with Crippen molar-refractivity contribution in [3.63, 3.8) is 0 Å². The smallest absolute Gasteiger partial charge is 0 e. The molecule has 0 heterocycles. The van der Waals surface area contributed by atoms with E-state index in [1.54, 1.807) is 0 Å². The molecule has 0 radical (unpaired) electrons. The predicted molar refractivity (Wildman–Crippen MR) is 29.8 cm³/mol. The molecule has 0 aromatic heterocycles. The van der Waals surface area contributed by atoms with Gasteiger partial charge in [0, 0.05) is 21.7 Å². The molecular formula is C6H11OTi-. The summed E-state index contributed by atoms with van der Waals surface area (Å²) in [6, 6.07) is 0. The van der Waals surface area contributed by atoms with Crippen molar-refractivity contribution < 1.29 is 26.5 Å². The molecule has 0 spiro atoms. The number of hydrogen-bond donors (Lipinski definition) is 0. The SMILES string of the molecule is CCC([C-]=O)CC.[Ti]. The van der Waals surface area contributed by atoms with E-state index in [0.29, 0.717) is 0 Å². The molecule has 0 bridgehead atoms. The second-order valence-electron chi connectivity index (χ2n) is 1.63. The third-order valence-corrected chi connectivity index (χ3v) is 1.15. The van der Waals surface area contributed by atoms with Gasteiger partial charge in [-0.2, -0.15) is 0 Å². The van der Waals surface area contributed by atoms with Gasteiger partial charge in [0.1, 0.15) is 0 Å². The Morgan fingerprint density at radius 1 is 1.38 bits per heavy atom. The van der Waals surface area contributed by atoms with Crippen LogP contribution in [0.3, 0.4) is 0 Å². The van der Waals surface area contributed by atoms with Gasteiger partial charge >= 0.3 is 0 Å². The minimum absolute atomic E-state index is 0. The topological polar surface area (TPSA) is 17.1 Å². The first-order valence-corrected chi connectivity index (χ1v) is 2.72. The minimum atomic E-state index is 0. The molecule has 0 aromatic carbocycles. The molecule has 8 heavy (non-hydrogen) atoms. The summed E-state index contributed by atoms with van der Waals surface area (Å²) in [5, 5.41) is 0. The van der Waals surface area contributed by atoms with Crippen LogP contribution in [0.1, 0.15) is 26.7 Å². The molecule has 0 aromatic rings. The largest absolute Gasteiger partial charge is 0.542 e. The molecule has 0 N–H and O–H groups in total. The Labute approximate surface area is 65.7 Å². The van der Waals surface area contributed by atoms with E-state index in [0.717, 1.165) is 12.8 Å². The van der Waals surface area contributed by atoms with Crippen LogP contribution in [0.4, 0.5) is 0 Å². The third-order valence-electron chi connectivity index (χ3n) is 1.15. The number of rotatable bonds is 3. The second-order valence-corrected chi connectivity index (χ2v) is 1.63. The molecule has 0 unspecified atom stereocenters. The zero-order chi connectivity index (χ0) is 5.70. The van der Waals surface area contributed by atoms with Gasteiger partial charge in [0.15, 0.2) is 0 Å². The minimum Gasteiger partial charge on any atom is -0.542 e. The predicted octanol–water partition coefficient (Wildman–Crippen LogP) is 1.53. The number of hydrogen-bond acceptors (Lipinski definition) is 1. The van der Waals surface area contributed by atoms with Crippen molar-refractivity contribution in [2.45, 2.75) is 26.7 Å². The van der Waals surface area contributed by atoms with Crippen molar-refractivity contribution in [2.75, 3.05) is 0 Å². The van der Waals surface area contributed by atoms with Crippen LogP contribution >= 0.6 is 0 Å². The first-order chi connectivity index (χ1) is 3.35. The standard InChI is InChI=1S/C6H11O.Ti/c1-3-6(4-2)5-7;/h6H,3-4H2,1-2H3;/q-1;. The van der Waals surface area contributed by atoms with Gasteiger partial charge in [-0.1, -0.05) is 26.7 Å². The summed E-state index contributed by atoms with van der Waals surface area (Å²) in [4.78, 5) is 9.84. The van der Waals surface area contributed by atoms with Crippen molar-refractivity contribution in [3.05, 3.63) is 0 Å². The van der Waals surface area contributed by atoms with Crippen LogP contribution in [0, 0.1) is 5.92 Å². The first-order valence-electron chi connectivity index (χ1n) is 2.72. The molecule has 0 saturated carbocycles. The summed E-state index contributed by atoms with van der Waals surface area (Å²) in [6.45, 7) is 4.00. The first kappa shape index (κ1) is 11.2. The van der Waals surface area contributed by atoms with E-state index in [9.17, 15) is 4.79 Å². The van der Waals surface area contributed by atoms with Crippen LogP contribution in [-0.4, -0.2) is 6.29 Å². The fourth-order valence-electron chi connectivity index (χ4n) is 0.455. The van der Waals surface area contributed by atoms with Gasteiger partial charge in [0.2, 0.25) is 0 Å². The van der Waals surface area contributed by atoms with Gasteiger partial charge in [-0.05, 0) is 0 Å². The van der Waals surface area contributed by atoms with Crippen LogP contribution < -0.4 is 0 Å². The van der Waals surface area contributed by atoms with E-state index >= 15 is 0 Å². The van der Waals surface area contributed by atoms with E-state index in [4.69, 9.17) is 0 Å². The van der Waals surface area contributed by atoms with Crippen LogP contribution in [0.5, 0.6) is 0 Å². The fourth-order valence-corrected chi connectivity index (χ4v) is 0.455. The van der Waals surface area contributed by atoms with Crippen LogP contribution in [-0.2, 0) is 26.5 Å². The Bertz CT molecular complexity index is 50.5. The van der Waals surface area contributed by atoms with E-state index in [2.05, 4.69) is 0 Å². The normalized spacial score (nSPS) is 8.38. The molecule has 0 saturated heterocycles. The summed E-state index contributed by atoms with van der Waals surface area (Å²) in [6.07, 6.45) is 3.81. The summed E-state index contributed by atoms with van der Waals surface area (Å²) < 4.78 is 0. The van der Waals surface area contributed by atoms with Gasteiger partial charge in [0.05, 0.1) is 0 Å². The Hall–Kier alpha value is 0.384. The Kier molecular flexibility index (Phi) is 10.4. The maximum Gasteiger partial charge on any atom is 0 e. The zero-order valence-electron chi connectivity index (χ0n) is 5.40. The molecule has 0 rings (SSSR count). The maximum absolute atomic E-state index is 9.84. The molecule has 0 atom stereocenters. The van der Waals surface area contributed by atoms with Crippen molar-refractivity contribution in [1.82, 2.24) is 0 Å². The van der Waals surface area contributed by atoms with Crippen molar-refractivity contribution in [2.24, 2.45) is 5.92 Å². The van der Waals surface area contributed by atoms with Crippen LogP contribution in [0.15, 0.2) is 0 Å². The van der Waals surface area contributed by atoms with E-state index in [-0.39, 0.29) is 27.6 Å². The molecule has 46 valence electrons. The maximum atomic E-state index is 9.84. The Balaban J connectivity index is 0.